The predicted molar refractivity (Wildman–Crippen MR) is 128 cm³/mol. The van der Waals surface area contributed by atoms with E-state index >= 15 is 0 Å². The van der Waals surface area contributed by atoms with E-state index in [2.05, 4.69) is 64.8 Å². The molecule has 5 aromatic rings. The molecule has 0 N–H and O–H groups in total. The second-order valence-corrected chi connectivity index (χ2v) is 7.97. The van der Waals surface area contributed by atoms with Crippen LogP contribution < -0.4 is 4.74 Å². The molecule has 29 heavy (non-hydrogen) atoms. The van der Waals surface area contributed by atoms with Crippen LogP contribution in [0.15, 0.2) is 77.8 Å². The van der Waals surface area contributed by atoms with Gasteiger partial charge in [-0.2, -0.15) is 0 Å². The summed E-state index contributed by atoms with van der Waals surface area (Å²) >= 11 is 1.83. The van der Waals surface area contributed by atoms with Gasteiger partial charge in [0.1, 0.15) is 11.6 Å². The fraction of sp³-hybridized carbons (Fsp3) is 0.0800. The topological polar surface area (TPSA) is 26.5 Å². The quantitative estimate of drug-likeness (QED) is 0.232. The molecule has 0 fully saturated rings. The number of allylic oxidation sites excluding steroid dienone is 3. The van der Waals surface area contributed by atoms with Gasteiger partial charge in [-0.3, -0.25) is 4.57 Å². The third-order valence-electron chi connectivity index (χ3n) is 5.30. The van der Waals surface area contributed by atoms with E-state index in [1.807, 2.05) is 42.6 Å². The Bertz CT molecular complexity index is 1470. The van der Waals surface area contributed by atoms with Gasteiger partial charge in [0.2, 0.25) is 0 Å². The van der Waals surface area contributed by atoms with Gasteiger partial charge in [-0.05, 0) is 50.0 Å². The number of aliphatic imine (C=N–C) groups is 1. The first-order valence-electron chi connectivity index (χ1n) is 9.48. The number of rotatable bonds is 4. The van der Waals surface area contributed by atoms with Crippen LogP contribution in [0.1, 0.15) is 6.92 Å². The van der Waals surface area contributed by atoms with Gasteiger partial charge in [-0.25, -0.2) is 4.99 Å². The molecule has 3 nitrogen and oxygen atoms in total. The first kappa shape index (κ1) is 17.7. The smallest absolute Gasteiger partial charge is 0.136 e. The molecule has 0 unspecified atom stereocenters. The van der Waals surface area contributed by atoms with Gasteiger partial charge >= 0.3 is 0 Å². The Kier molecular flexibility index (Phi) is 4.22. The van der Waals surface area contributed by atoms with E-state index in [1.165, 1.54) is 30.9 Å². The van der Waals surface area contributed by atoms with Crippen molar-refractivity contribution >= 4 is 65.9 Å². The molecule has 142 valence electrons. The van der Waals surface area contributed by atoms with Crippen molar-refractivity contribution in [2.45, 2.75) is 6.92 Å². The van der Waals surface area contributed by atoms with E-state index in [4.69, 9.17) is 4.74 Å². The zero-order chi connectivity index (χ0) is 20.0. The maximum atomic E-state index is 5.50. The number of methoxy groups -OCH3 is 1. The van der Waals surface area contributed by atoms with E-state index in [1.54, 1.807) is 7.11 Å². The minimum atomic E-state index is 0.787. The minimum absolute atomic E-state index is 0.787. The highest BCUT2D eigenvalue weighted by Gasteiger charge is 2.16. The van der Waals surface area contributed by atoms with Gasteiger partial charge in [0.05, 0.1) is 18.1 Å². The normalized spacial score (nSPS) is 12.7. The van der Waals surface area contributed by atoms with E-state index in [0.29, 0.717) is 0 Å². The molecule has 0 atom stereocenters. The predicted octanol–water partition coefficient (Wildman–Crippen LogP) is 7.25. The lowest BCUT2D eigenvalue weighted by atomic mass is 10.1. The lowest BCUT2D eigenvalue weighted by Gasteiger charge is -2.08. The van der Waals surface area contributed by atoms with Gasteiger partial charge < -0.3 is 4.74 Å². The third-order valence-corrected chi connectivity index (χ3v) is 6.43. The average Bonchev–Trinajstić information content (AvgIpc) is 3.27. The highest BCUT2D eigenvalue weighted by atomic mass is 32.1. The maximum absolute atomic E-state index is 5.50. The molecule has 0 saturated carbocycles. The van der Waals surface area contributed by atoms with Crippen LogP contribution in [-0.2, 0) is 0 Å². The molecular formula is C25H20N2OS. The fourth-order valence-electron chi connectivity index (χ4n) is 3.97. The molecule has 3 aromatic carbocycles. The van der Waals surface area contributed by atoms with Crippen LogP contribution in [0.2, 0.25) is 0 Å². The Morgan fingerprint density at radius 1 is 0.966 bits per heavy atom. The van der Waals surface area contributed by atoms with E-state index in [0.717, 1.165) is 22.6 Å². The number of benzene rings is 3. The van der Waals surface area contributed by atoms with Crippen LogP contribution in [0, 0.1) is 0 Å². The largest absolute Gasteiger partial charge is 0.497 e. The fourth-order valence-corrected chi connectivity index (χ4v) is 5.10. The van der Waals surface area contributed by atoms with Crippen molar-refractivity contribution in [3.63, 3.8) is 0 Å². The number of nitrogens with zero attached hydrogens (tertiary/aromatic N) is 2. The van der Waals surface area contributed by atoms with Gasteiger partial charge in [0, 0.05) is 37.0 Å². The monoisotopic (exact) mass is 396 g/mol. The molecule has 0 aliphatic rings. The zero-order valence-electron chi connectivity index (χ0n) is 16.3. The molecule has 2 heterocycles. The summed E-state index contributed by atoms with van der Waals surface area (Å²) in [5, 5.41) is 4.94. The number of aromatic nitrogens is 1. The Labute approximate surface area is 172 Å². The summed E-state index contributed by atoms with van der Waals surface area (Å²) < 4.78 is 10.3. The van der Waals surface area contributed by atoms with E-state index in [-0.39, 0.29) is 0 Å². The van der Waals surface area contributed by atoms with Gasteiger partial charge in [0.15, 0.2) is 0 Å². The summed E-state index contributed by atoms with van der Waals surface area (Å²) in [7, 11) is 1.69. The highest BCUT2D eigenvalue weighted by Crippen LogP contribution is 2.41. The van der Waals surface area contributed by atoms with Crippen molar-refractivity contribution in [3.8, 4) is 5.75 Å². The number of hydrogen-bond acceptors (Lipinski definition) is 3. The summed E-state index contributed by atoms with van der Waals surface area (Å²) in [5.74, 6) is 1.61. The van der Waals surface area contributed by atoms with Crippen molar-refractivity contribution < 1.29 is 4.74 Å². The molecule has 0 saturated heterocycles. The molecular weight excluding hydrogens is 376 g/mol. The van der Waals surface area contributed by atoms with Crippen LogP contribution in [0.3, 0.4) is 0 Å². The Morgan fingerprint density at radius 2 is 1.79 bits per heavy atom. The van der Waals surface area contributed by atoms with Crippen LogP contribution in [0.25, 0.3) is 47.8 Å². The van der Waals surface area contributed by atoms with Crippen molar-refractivity contribution in [2.75, 3.05) is 7.11 Å². The molecule has 0 aliphatic heterocycles. The number of hydrogen-bond donors (Lipinski definition) is 0. The third kappa shape index (κ3) is 2.68. The number of fused-ring (bicyclic) bond motifs is 6. The zero-order valence-corrected chi connectivity index (χ0v) is 17.2. The molecule has 0 aliphatic carbocycles. The van der Waals surface area contributed by atoms with Crippen molar-refractivity contribution in [1.82, 2.24) is 4.57 Å². The Hall–Kier alpha value is -3.37. The Balaban J connectivity index is 1.98. The SMILES string of the molecule is C=N/C(=C\C=C/C)n1c2cc(OC)ccc2c2cc3sc4ccccc4c3cc21. The van der Waals surface area contributed by atoms with Crippen molar-refractivity contribution in [3.05, 3.63) is 72.8 Å². The van der Waals surface area contributed by atoms with Gasteiger partial charge in [-0.15, -0.1) is 11.3 Å². The molecule has 5 rings (SSSR count). The second kappa shape index (κ2) is 6.90. The standard InChI is InChI=1S/C25H20N2OS/c1-4-5-10-25(26-2)27-21-13-16(28-3)11-12-17(21)19-15-24-20(14-22(19)27)18-8-6-7-9-23(18)29-24/h4-15H,2H2,1,3H3/b5-4-,25-10+. The summed E-state index contributed by atoms with van der Waals surface area (Å²) in [5.41, 5.74) is 2.18. The summed E-state index contributed by atoms with van der Waals surface area (Å²) in [6, 6.07) is 19.4. The lowest BCUT2D eigenvalue weighted by molar-refractivity contribution is 0.415. The maximum Gasteiger partial charge on any atom is 0.136 e. The summed E-state index contributed by atoms with van der Waals surface area (Å²) in [6.45, 7) is 5.82. The first-order valence-corrected chi connectivity index (χ1v) is 10.3. The van der Waals surface area contributed by atoms with Crippen LogP contribution >= 0.6 is 11.3 Å². The Morgan fingerprint density at radius 3 is 2.59 bits per heavy atom. The molecule has 4 heteroatoms. The number of ether oxygens (including phenoxy) is 1. The van der Waals surface area contributed by atoms with E-state index in [9.17, 15) is 0 Å². The van der Waals surface area contributed by atoms with E-state index < -0.39 is 0 Å². The summed E-state index contributed by atoms with van der Waals surface area (Å²) in [6.07, 6.45) is 5.96. The second-order valence-electron chi connectivity index (χ2n) is 6.89. The molecule has 0 amide bonds. The first-order chi connectivity index (χ1) is 14.2. The highest BCUT2D eigenvalue weighted by molar-refractivity contribution is 7.25. The van der Waals surface area contributed by atoms with Gasteiger partial charge in [0.25, 0.3) is 0 Å². The van der Waals surface area contributed by atoms with Crippen LogP contribution in [-0.4, -0.2) is 18.4 Å². The molecule has 2 aromatic heterocycles. The molecule has 0 spiro atoms. The molecule has 0 bridgehead atoms. The van der Waals surface area contributed by atoms with Crippen LogP contribution in [0.4, 0.5) is 0 Å². The summed E-state index contributed by atoms with van der Waals surface area (Å²) in [4.78, 5) is 4.34. The van der Waals surface area contributed by atoms with Crippen LogP contribution in [0.5, 0.6) is 5.75 Å². The van der Waals surface area contributed by atoms with Gasteiger partial charge in [-0.1, -0.05) is 30.4 Å². The minimum Gasteiger partial charge on any atom is -0.497 e. The average molecular weight is 397 g/mol. The number of thiophene rings is 1. The molecule has 0 radical (unpaired) electrons. The lowest BCUT2D eigenvalue weighted by Crippen LogP contribution is -1.94. The van der Waals surface area contributed by atoms with Crippen molar-refractivity contribution in [2.24, 2.45) is 4.99 Å². The van der Waals surface area contributed by atoms with Crippen molar-refractivity contribution in [1.29, 1.82) is 0 Å².